The van der Waals surface area contributed by atoms with Gasteiger partial charge < -0.3 is 9.32 Å². The number of para-hydroxylation sites is 3. The van der Waals surface area contributed by atoms with Gasteiger partial charge in [0.25, 0.3) is 0 Å². The topological polar surface area (TPSA) is 16.4 Å². The van der Waals surface area contributed by atoms with Crippen LogP contribution in [0.3, 0.4) is 0 Å². The standard InChI is InChI=1S/C42H29NO/c1-3-12-30(13-4-1)31-22-26-34(27-23-31)43(33-14-5-2-6-15-33)35-28-24-32(25-29-35)36-16-7-8-17-37(36)39-19-11-20-40-38-18-9-10-21-41(38)44-42(39)40/h1-29H. The minimum atomic E-state index is 0.912. The summed E-state index contributed by atoms with van der Waals surface area (Å²) < 4.78 is 6.41. The molecule has 0 fully saturated rings. The molecule has 0 N–H and O–H groups in total. The highest BCUT2D eigenvalue weighted by Gasteiger charge is 2.16. The summed E-state index contributed by atoms with van der Waals surface area (Å²) in [6.45, 7) is 0. The van der Waals surface area contributed by atoms with Crippen molar-refractivity contribution >= 4 is 39.0 Å². The fourth-order valence-electron chi connectivity index (χ4n) is 6.18. The molecule has 8 rings (SSSR count). The summed E-state index contributed by atoms with van der Waals surface area (Å²) >= 11 is 0. The third-order valence-electron chi connectivity index (χ3n) is 8.31. The van der Waals surface area contributed by atoms with Crippen LogP contribution in [0.1, 0.15) is 0 Å². The highest BCUT2D eigenvalue weighted by molar-refractivity contribution is 6.10. The zero-order valence-corrected chi connectivity index (χ0v) is 24.1. The third kappa shape index (κ3) is 4.63. The fourth-order valence-corrected chi connectivity index (χ4v) is 6.18. The van der Waals surface area contributed by atoms with E-state index in [0.29, 0.717) is 0 Å². The van der Waals surface area contributed by atoms with Gasteiger partial charge in [0.1, 0.15) is 11.2 Å². The Kier molecular flexibility index (Phi) is 6.51. The molecule has 0 saturated carbocycles. The van der Waals surface area contributed by atoms with E-state index in [2.05, 4.69) is 169 Å². The van der Waals surface area contributed by atoms with E-state index in [-0.39, 0.29) is 0 Å². The van der Waals surface area contributed by atoms with Crippen LogP contribution in [0.15, 0.2) is 180 Å². The lowest BCUT2D eigenvalue weighted by Crippen LogP contribution is -2.09. The van der Waals surface area contributed by atoms with Crippen LogP contribution in [0.5, 0.6) is 0 Å². The van der Waals surface area contributed by atoms with Crippen LogP contribution in [0.25, 0.3) is 55.3 Å². The number of benzene rings is 7. The number of fused-ring (bicyclic) bond motifs is 3. The first kappa shape index (κ1) is 25.8. The van der Waals surface area contributed by atoms with Crippen molar-refractivity contribution in [2.24, 2.45) is 0 Å². The molecule has 208 valence electrons. The quantitative estimate of drug-likeness (QED) is 0.200. The van der Waals surface area contributed by atoms with Crippen molar-refractivity contribution < 1.29 is 4.42 Å². The Hall–Kier alpha value is -5.86. The van der Waals surface area contributed by atoms with E-state index in [1.54, 1.807) is 0 Å². The van der Waals surface area contributed by atoms with E-state index < -0.39 is 0 Å². The van der Waals surface area contributed by atoms with Crippen LogP contribution in [-0.2, 0) is 0 Å². The van der Waals surface area contributed by atoms with Gasteiger partial charge in [-0.05, 0) is 70.3 Å². The van der Waals surface area contributed by atoms with Gasteiger partial charge in [-0.1, -0.05) is 133 Å². The Bertz CT molecular complexity index is 2200. The van der Waals surface area contributed by atoms with Crippen molar-refractivity contribution in [1.29, 1.82) is 0 Å². The molecule has 2 heteroatoms. The van der Waals surface area contributed by atoms with E-state index in [0.717, 1.165) is 55.7 Å². The second kappa shape index (κ2) is 11.1. The van der Waals surface area contributed by atoms with Crippen LogP contribution in [0.4, 0.5) is 17.1 Å². The maximum Gasteiger partial charge on any atom is 0.143 e. The normalized spacial score (nSPS) is 11.2. The van der Waals surface area contributed by atoms with Gasteiger partial charge in [-0.15, -0.1) is 0 Å². The highest BCUT2D eigenvalue weighted by Crippen LogP contribution is 2.41. The molecule has 0 radical (unpaired) electrons. The first-order valence-electron chi connectivity index (χ1n) is 14.9. The number of hydrogen-bond donors (Lipinski definition) is 0. The molecule has 44 heavy (non-hydrogen) atoms. The van der Waals surface area contributed by atoms with E-state index in [9.17, 15) is 0 Å². The Morgan fingerprint density at radius 3 is 1.55 bits per heavy atom. The predicted molar refractivity (Wildman–Crippen MR) is 185 cm³/mol. The fraction of sp³-hybridized carbons (Fsp3) is 0. The monoisotopic (exact) mass is 563 g/mol. The molecule has 0 aliphatic rings. The van der Waals surface area contributed by atoms with Crippen molar-refractivity contribution in [1.82, 2.24) is 0 Å². The predicted octanol–water partition coefficient (Wildman–Crippen LogP) is 12.1. The zero-order chi connectivity index (χ0) is 29.3. The van der Waals surface area contributed by atoms with E-state index in [4.69, 9.17) is 4.42 Å². The molecule has 0 amide bonds. The van der Waals surface area contributed by atoms with Crippen LogP contribution in [0, 0.1) is 0 Å². The average Bonchev–Trinajstić information content (AvgIpc) is 3.49. The summed E-state index contributed by atoms with van der Waals surface area (Å²) in [5, 5.41) is 2.28. The van der Waals surface area contributed by atoms with Gasteiger partial charge in [0.2, 0.25) is 0 Å². The Balaban J connectivity index is 1.19. The first-order valence-corrected chi connectivity index (χ1v) is 14.9. The number of hydrogen-bond acceptors (Lipinski definition) is 2. The van der Waals surface area contributed by atoms with E-state index in [1.165, 1.54) is 16.7 Å². The van der Waals surface area contributed by atoms with Gasteiger partial charge in [-0.2, -0.15) is 0 Å². The minimum absolute atomic E-state index is 0.912. The lowest BCUT2D eigenvalue weighted by molar-refractivity contribution is 0.670. The number of nitrogens with zero attached hydrogens (tertiary/aromatic N) is 1. The van der Waals surface area contributed by atoms with Crippen LogP contribution in [-0.4, -0.2) is 0 Å². The molecule has 1 heterocycles. The molecule has 0 atom stereocenters. The molecule has 0 bridgehead atoms. The van der Waals surface area contributed by atoms with Crippen LogP contribution < -0.4 is 4.90 Å². The van der Waals surface area contributed by atoms with E-state index in [1.807, 2.05) is 12.1 Å². The number of rotatable bonds is 6. The van der Waals surface area contributed by atoms with Gasteiger partial charge in [-0.25, -0.2) is 0 Å². The van der Waals surface area contributed by atoms with Gasteiger partial charge in [-0.3, -0.25) is 0 Å². The molecule has 0 spiro atoms. The average molecular weight is 564 g/mol. The van der Waals surface area contributed by atoms with E-state index >= 15 is 0 Å². The minimum Gasteiger partial charge on any atom is -0.455 e. The molecule has 1 aromatic heterocycles. The molecular formula is C42H29NO. The molecule has 8 aromatic rings. The summed E-state index contributed by atoms with van der Waals surface area (Å²) in [7, 11) is 0. The largest absolute Gasteiger partial charge is 0.455 e. The first-order chi connectivity index (χ1) is 21.8. The lowest BCUT2D eigenvalue weighted by Gasteiger charge is -2.26. The number of furan rings is 1. The Labute approximate surface area is 257 Å². The summed E-state index contributed by atoms with van der Waals surface area (Å²) in [6.07, 6.45) is 0. The molecule has 0 unspecified atom stereocenters. The summed E-state index contributed by atoms with van der Waals surface area (Å²) in [5.41, 5.74) is 12.2. The highest BCUT2D eigenvalue weighted by atomic mass is 16.3. The van der Waals surface area contributed by atoms with Gasteiger partial charge in [0.05, 0.1) is 0 Å². The maximum absolute atomic E-state index is 6.41. The van der Waals surface area contributed by atoms with Crippen molar-refractivity contribution in [3.05, 3.63) is 176 Å². The van der Waals surface area contributed by atoms with Crippen LogP contribution in [0.2, 0.25) is 0 Å². The molecular weight excluding hydrogens is 534 g/mol. The summed E-state index contributed by atoms with van der Waals surface area (Å²) in [6, 6.07) is 62.0. The third-order valence-corrected chi connectivity index (χ3v) is 8.31. The second-order valence-electron chi connectivity index (χ2n) is 11.0. The molecule has 7 aromatic carbocycles. The smallest absolute Gasteiger partial charge is 0.143 e. The number of anilines is 3. The molecule has 0 saturated heterocycles. The summed E-state index contributed by atoms with van der Waals surface area (Å²) in [4.78, 5) is 2.31. The van der Waals surface area contributed by atoms with Gasteiger partial charge >= 0.3 is 0 Å². The van der Waals surface area contributed by atoms with Crippen molar-refractivity contribution in [2.45, 2.75) is 0 Å². The summed E-state index contributed by atoms with van der Waals surface area (Å²) in [5.74, 6) is 0. The Morgan fingerprint density at radius 1 is 0.318 bits per heavy atom. The van der Waals surface area contributed by atoms with Gasteiger partial charge in [0, 0.05) is 33.4 Å². The zero-order valence-electron chi connectivity index (χ0n) is 24.1. The van der Waals surface area contributed by atoms with Crippen LogP contribution >= 0.6 is 0 Å². The van der Waals surface area contributed by atoms with Gasteiger partial charge in [0.15, 0.2) is 0 Å². The lowest BCUT2D eigenvalue weighted by atomic mass is 9.93. The van der Waals surface area contributed by atoms with Crippen molar-refractivity contribution in [3.8, 4) is 33.4 Å². The Morgan fingerprint density at radius 2 is 0.818 bits per heavy atom. The molecule has 0 aliphatic heterocycles. The molecule has 2 nitrogen and oxygen atoms in total. The van der Waals surface area contributed by atoms with Crippen molar-refractivity contribution in [3.63, 3.8) is 0 Å². The SMILES string of the molecule is c1ccc(-c2ccc(N(c3ccccc3)c3ccc(-c4ccccc4-c4cccc5c4oc4ccccc45)cc3)cc2)cc1. The molecule has 0 aliphatic carbocycles. The van der Waals surface area contributed by atoms with Crippen molar-refractivity contribution in [2.75, 3.05) is 4.90 Å². The maximum atomic E-state index is 6.41. The second-order valence-corrected chi connectivity index (χ2v) is 11.0.